The molecule has 61 heavy (non-hydrogen) atoms. The number of rotatable bonds is 7. The number of nitrogens with zero attached hydrogens (tertiary/aromatic N) is 1. The van der Waals surface area contributed by atoms with Gasteiger partial charge in [-0.15, -0.1) is 0 Å². The molecule has 2 aromatic heterocycles. The van der Waals surface area contributed by atoms with E-state index >= 15 is 0 Å². The Morgan fingerprint density at radius 3 is 1.64 bits per heavy atom. The summed E-state index contributed by atoms with van der Waals surface area (Å²) in [5.41, 5.74) is 15.9. The van der Waals surface area contributed by atoms with Gasteiger partial charge in [-0.3, -0.25) is 0 Å². The lowest BCUT2D eigenvalue weighted by atomic mass is 9.91. The predicted octanol–water partition coefficient (Wildman–Crippen LogP) is 16.8. The van der Waals surface area contributed by atoms with Crippen LogP contribution in [0.25, 0.3) is 99.2 Å². The van der Waals surface area contributed by atoms with E-state index in [-0.39, 0.29) is 0 Å². The Balaban J connectivity index is 0.977. The molecule has 0 atom stereocenters. The van der Waals surface area contributed by atoms with Crippen molar-refractivity contribution in [1.82, 2.24) is 0 Å². The average molecular weight is 780 g/mol. The monoisotopic (exact) mass is 779 g/mol. The molecule has 0 bridgehead atoms. The molecule has 0 aliphatic heterocycles. The average Bonchev–Trinajstić information content (AvgIpc) is 3.92. The zero-order valence-corrected chi connectivity index (χ0v) is 33.1. The molecule has 0 spiro atoms. The molecule has 0 fully saturated rings. The maximum Gasteiger partial charge on any atom is 0.159 e. The van der Waals surface area contributed by atoms with Gasteiger partial charge in [0.05, 0.1) is 5.69 Å². The Kier molecular flexibility index (Phi) is 8.17. The first-order valence-electron chi connectivity index (χ1n) is 20.7. The van der Waals surface area contributed by atoms with Gasteiger partial charge in [0.2, 0.25) is 0 Å². The SMILES string of the molecule is c1ccc(-c2ccc(-c3ccc(N(c4ccc(-c5cccc6oc7c8ccccc8ccc7c56)cc4)c4cccc5c4oc4ccccc45)cc3)cc2-c2ccccc2)cc1. The summed E-state index contributed by atoms with van der Waals surface area (Å²) in [6.07, 6.45) is 0. The lowest BCUT2D eigenvalue weighted by molar-refractivity contribution is 0.669. The predicted molar refractivity (Wildman–Crippen MR) is 255 cm³/mol. The van der Waals surface area contributed by atoms with Crippen LogP contribution < -0.4 is 4.90 Å². The van der Waals surface area contributed by atoms with Gasteiger partial charge < -0.3 is 13.7 Å². The van der Waals surface area contributed by atoms with Gasteiger partial charge in [-0.1, -0.05) is 170 Å². The number of furan rings is 2. The normalized spacial score (nSPS) is 11.6. The first kappa shape index (κ1) is 34.9. The molecule has 0 radical (unpaired) electrons. The summed E-state index contributed by atoms with van der Waals surface area (Å²) >= 11 is 0. The number of para-hydroxylation sites is 2. The molecule has 0 unspecified atom stereocenters. The molecule has 12 rings (SSSR count). The molecule has 0 saturated heterocycles. The second-order valence-corrected chi connectivity index (χ2v) is 15.6. The Bertz CT molecular complexity index is 3560. The standard InChI is InChI=1S/C58H37NO2/c1-3-13-39(14-4-1)46-35-30-43(37-52(46)40-15-5-2-6-16-40)38-25-31-44(32-26-38)59(53-22-11-21-50-49-19-9-10-23-54(49)60-58(50)53)45-33-27-42(28-34-45)47-20-12-24-55-56(47)51-36-29-41-17-7-8-18-48(41)57(51)61-55/h1-37H. The van der Waals surface area contributed by atoms with Gasteiger partial charge in [-0.25, -0.2) is 0 Å². The van der Waals surface area contributed by atoms with Crippen LogP contribution in [0.2, 0.25) is 0 Å². The molecule has 0 N–H and O–H groups in total. The van der Waals surface area contributed by atoms with Crippen LogP contribution in [0.3, 0.4) is 0 Å². The first-order valence-corrected chi connectivity index (χ1v) is 20.7. The van der Waals surface area contributed by atoms with Gasteiger partial charge in [-0.05, 0) is 104 Å². The maximum absolute atomic E-state index is 6.66. The van der Waals surface area contributed by atoms with E-state index in [0.29, 0.717) is 0 Å². The molecule has 2 heterocycles. The van der Waals surface area contributed by atoms with Crippen molar-refractivity contribution < 1.29 is 8.83 Å². The minimum Gasteiger partial charge on any atom is -0.455 e. The fourth-order valence-corrected chi connectivity index (χ4v) is 9.17. The minimum absolute atomic E-state index is 0.850. The van der Waals surface area contributed by atoms with E-state index in [4.69, 9.17) is 8.83 Å². The van der Waals surface area contributed by atoms with Crippen LogP contribution in [0.5, 0.6) is 0 Å². The van der Waals surface area contributed by atoms with Crippen LogP contribution in [0.1, 0.15) is 0 Å². The molecule has 0 aliphatic carbocycles. The van der Waals surface area contributed by atoms with Crippen molar-refractivity contribution in [1.29, 1.82) is 0 Å². The van der Waals surface area contributed by atoms with Crippen molar-refractivity contribution in [3.05, 3.63) is 224 Å². The Labute approximate surface area is 353 Å². The van der Waals surface area contributed by atoms with E-state index in [2.05, 4.69) is 217 Å². The molecule has 3 heteroatoms. The lowest BCUT2D eigenvalue weighted by Gasteiger charge is -2.26. The fraction of sp³-hybridized carbons (Fsp3) is 0. The highest BCUT2D eigenvalue weighted by Crippen LogP contribution is 2.45. The third-order valence-corrected chi connectivity index (χ3v) is 12.1. The van der Waals surface area contributed by atoms with E-state index in [1.807, 2.05) is 12.1 Å². The number of benzene rings is 10. The minimum atomic E-state index is 0.850. The maximum atomic E-state index is 6.66. The van der Waals surface area contributed by atoms with Crippen LogP contribution in [0.4, 0.5) is 17.1 Å². The van der Waals surface area contributed by atoms with Crippen molar-refractivity contribution in [2.45, 2.75) is 0 Å². The first-order chi connectivity index (χ1) is 30.2. The highest BCUT2D eigenvalue weighted by atomic mass is 16.3. The molecule has 3 nitrogen and oxygen atoms in total. The zero-order valence-electron chi connectivity index (χ0n) is 33.1. The summed E-state index contributed by atoms with van der Waals surface area (Å²) in [7, 11) is 0. The molecule has 0 aliphatic rings. The van der Waals surface area contributed by atoms with Gasteiger partial charge in [0, 0.05) is 38.3 Å². The topological polar surface area (TPSA) is 29.5 Å². The summed E-state index contributed by atoms with van der Waals surface area (Å²) in [6, 6.07) is 79.8. The number of fused-ring (bicyclic) bond motifs is 8. The van der Waals surface area contributed by atoms with Gasteiger partial charge in [0.15, 0.2) is 5.58 Å². The molecule has 286 valence electrons. The van der Waals surface area contributed by atoms with Crippen LogP contribution in [-0.2, 0) is 0 Å². The van der Waals surface area contributed by atoms with Gasteiger partial charge >= 0.3 is 0 Å². The third-order valence-electron chi connectivity index (χ3n) is 12.1. The molecular weight excluding hydrogens is 743 g/mol. The number of anilines is 3. The molecule has 12 aromatic rings. The highest BCUT2D eigenvalue weighted by Gasteiger charge is 2.21. The smallest absolute Gasteiger partial charge is 0.159 e. The van der Waals surface area contributed by atoms with Crippen molar-refractivity contribution in [2.24, 2.45) is 0 Å². The summed E-state index contributed by atoms with van der Waals surface area (Å²) in [4.78, 5) is 2.31. The summed E-state index contributed by atoms with van der Waals surface area (Å²) in [5, 5.41) is 6.74. The summed E-state index contributed by atoms with van der Waals surface area (Å²) in [6.45, 7) is 0. The molecular formula is C58H37NO2. The van der Waals surface area contributed by atoms with E-state index in [0.717, 1.165) is 88.6 Å². The fourth-order valence-electron chi connectivity index (χ4n) is 9.17. The molecule has 0 saturated carbocycles. The largest absolute Gasteiger partial charge is 0.455 e. The Hall–Kier alpha value is -8.14. The summed E-state index contributed by atoms with van der Waals surface area (Å²) < 4.78 is 13.2. The van der Waals surface area contributed by atoms with E-state index < -0.39 is 0 Å². The van der Waals surface area contributed by atoms with E-state index in [1.165, 1.54) is 27.6 Å². The van der Waals surface area contributed by atoms with Crippen molar-refractivity contribution in [3.63, 3.8) is 0 Å². The van der Waals surface area contributed by atoms with Gasteiger partial charge in [0.25, 0.3) is 0 Å². The zero-order chi connectivity index (χ0) is 40.3. The number of hydrogen-bond donors (Lipinski definition) is 0. The van der Waals surface area contributed by atoms with Crippen molar-refractivity contribution >= 4 is 71.7 Å². The molecule has 10 aromatic carbocycles. The Morgan fingerprint density at radius 2 is 0.869 bits per heavy atom. The van der Waals surface area contributed by atoms with Gasteiger partial charge in [0.1, 0.15) is 16.7 Å². The quantitative estimate of drug-likeness (QED) is 0.161. The van der Waals surface area contributed by atoms with Crippen molar-refractivity contribution in [3.8, 4) is 44.5 Å². The number of hydrogen-bond acceptors (Lipinski definition) is 3. The van der Waals surface area contributed by atoms with Crippen LogP contribution >= 0.6 is 0 Å². The lowest BCUT2D eigenvalue weighted by Crippen LogP contribution is -2.10. The van der Waals surface area contributed by atoms with E-state index in [9.17, 15) is 0 Å². The second-order valence-electron chi connectivity index (χ2n) is 15.6. The van der Waals surface area contributed by atoms with Gasteiger partial charge in [-0.2, -0.15) is 0 Å². The molecule has 0 amide bonds. The van der Waals surface area contributed by atoms with E-state index in [1.54, 1.807) is 0 Å². The highest BCUT2D eigenvalue weighted by molar-refractivity contribution is 6.19. The van der Waals surface area contributed by atoms with Crippen LogP contribution in [0, 0.1) is 0 Å². The third kappa shape index (κ3) is 5.90. The second kappa shape index (κ2) is 14.3. The van der Waals surface area contributed by atoms with Crippen molar-refractivity contribution in [2.75, 3.05) is 4.90 Å². The summed E-state index contributed by atoms with van der Waals surface area (Å²) in [5.74, 6) is 0. The Morgan fingerprint density at radius 1 is 0.295 bits per heavy atom. The van der Waals surface area contributed by atoms with Crippen LogP contribution in [0.15, 0.2) is 233 Å². The van der Waals surface area contributed by atoms with Crippen LogP contribution in [-0.4, -0.2) is 0 Å².